The van der Waals surface area contributed by atoms with Crippen molar-refractivity contribution < 1.29 is 23.1 Å². The molecule has 0 saturated heterocycles. The Balaban J connectivity index is 1.95. The number of aromatic nitrogens is 2. The summed E-state index contributed by atoms with van der Waals surface area (Å²) in [5.74, 6) is -0.424. The summed E-state index contributed by atoms with van der Waals surface area (Å²) in [5, 5.41) is 10.2. The first-order valence-corrected chi connectivity index (χ1v) is 9.39. The number of carbonyl (C=O) groups excluding carboxylic acids is 1. The smallest absolute Gasteiger partial charge is 0.387 e. The minimum atomic E-state index is -4.54. The van der Waals surface area contributed by atoms with E-state index in [9.17, 15) is 18.0 Å². The van der Waals surface area contributed by atoms with Crippen LogP contribution in [0.4, 0.5) is 13.2 Å². The van der Waals surface area contributed by atoms with Crippen molar-refractivity contribution in [3.8, 4) is 11.1 Å². The third-order valence-corrected chi connectivity index (χ3v) is 5.79. The molecule has 2 aromatic heterocycles. The maximum absolute atomic E-state index is 13.2. The molecule has 0 spiro atoms. The molecule has 0 saturated carbocycles. The Morgan fingerprint density at radius 2 is 2.03 bits per heavy atom. The number of nitrogens with zero attached hydrogens (tertiary/aromatic N) is 2. The van der Waals surface area contributed by atoms with Gasteiger partial charge in [-0.05, 0) is 17.7 Å². The molecule has 10 heteroatoms. The van der Waals surface area contributed by atoms with Gasteiger partial charge in [0.1, 0.15) is 6.61 Å². The summed E-state index contributed by atoms with van der Waals surface area (Å²) < 4.78 is 39.5. The Morgan fingerprint density at radius 3 is 2.72 bits per heavy atom. The molecule has 3 heterocycles. The number of aliphatic hydroxyl groups is 1. The molecule has 5 nitrogen and oxygen atoms in total. The maximum Gasteiger partial charge on any atom is 0.417 e. The summed E-state index contributed by atoms with van der Waals surface area (Å²) in [6, 6.07) is 2.51. The minimum absolute atomic E-state index is 0.188. The van der Waals surface area contributed by atoms with Gasteiger partial charge < -0.3 is 15.0 Å². The molecule has 0 bridgehead atoms. The zero-order valence-corrected chi connectivity index (χ0v) is 16.3. The lowest BCUT2D eigenvalue weighted by molar-refractivity contribution is -0.138. The van der Waals surface area contributed by atoms with Gasteiger partial charge in [-0.3, -0.25) is 9.78 Å². The first kappa shape index (κ1) is 20.0. The molecule has 1 aromatic carbocycles. The van der Waals surface area contributed by atoms with Crippen LogP contribution in [0.15, 0.2) is 24.5 Å². The molecule has 1 aliphatic rings. The van der Waals surface area contributed by atoms with Crippen molar-refractivity contribution >= 4 is 40.0 Å². The number of aliphatic hydroxyl groups excluding tert-OH is 1. The van der Waals surface area contributed by atoms with Gasteiger partial charge in [-0.1, -0.05) is 23.2 Å². The van der Waals surface area contributed by atoms with Crippen LogP contribution in [0.2, 0.25) is 10.0 Å². The quantitative estimate of drug-likeness (QED) is 0.615. The number of nitrogens with one attached hydrogen (secondary N) is 1. The third kappa shape index (κ3) is 3.45. The number of H-pyrrole nitrogens is 1. The van der Waals surface area contributed by atoms with Crippen LogP contribution in [0.25, 0.3) is 22.0 Å². The molecule has 1 amide bonds. The maximum atomic E-state index is 13.2. The van der Waals surface area contributed by atoms with Gasteiger partial charge in [0.25, 0.3) is 0 Å². The zero-order chi connectivity index (χ0) is 20.9. The SMILES string of the molecule is O=C(CO)N1CCc2[nH]c3c(Cl)c(Cl)cc(-c4cncc(C(F)(F)F)c4)c3c2C1. The molecular weight excluding hydrogens is 430 g/mol. The van der Waals surface area contributed by atoms with Crippen LogP contribution < -0.4 is 0 Å². The van der Waals surface area contributed by atoms with E-state index in [1.54, 1.807) is 0 Å². The Bertz CT molecular complexity index is 1130. The molecule has 29 heavy (non-hydrogen) atoms. The van der Waals surface area contributed by atoms with Crippen LogP contribution in [-0.2, 0) is 23.9 Å². The first-order valence-electron chi connectivity index (χ1n) is 8.63. The highest BCUT2D eigenvalue weighted by atomic mass is 35.5. The van der Waals surface area contributed by atoms with E-state index in [-0.39, 0.29) is 22.2 Å². The van der Waals surface area contributed by atoms with E-state index in [0.29, 0.717) is 29.4 Å². The fourth-order valence-electron chi connectivity index (χ4n) is 3.62. The Labute approximate surface area is 173 Å². The molecule has 3 aromatic rings. The van der Waals surface area contributed by atoms with Crippen molar-refractivity contribution in [2.45, 2.75) is 19.1 Å². The number of aromatic amines is 1. The average molecular weight is 444 g/mol. The molecule has 4 rings (SSSR count). The molecule has 1 aliphatic heterocycles. The number of hydrogen-bond donors (Lipinski definition) is 2. The topological polar surface area (TPSA) is 69.2 Å². The van der Waals surface area contributed by atoms with E-state index in [0.717, 1.165) is 23.5 Å². The van der Waals surface area contributed by atoms with E-state index in [1.165, 1.54) is 17.2 Å². The zero-order valence-electron chi connectivity index (χ0n) is 14.8. The summed E-state index contributed by atoms with van der Waals surface area (Å²) in [5.41, 5.74) is 1.84. The van der Waals surface area contributed by atoms with E-state index in [2.05, 4.69) is 9.97 Å². The van der Waals surface area contributed by atoms with Crippen LogP contribution >= 0.6 is 23.2 Å². The van der Waals surface area contributed by atoms with Gasteiger partial charge >= 0.3 is 6.18 Å². The number of carbonyl (C=O) groups is 1. The van der Waals surface area contributed by atoms with Crippen molar-refractivity contribution in [3.63, 3.8) is 0 Å². The molecule has 2 N–H and O–H groups in total. The second-order valence-corrected chi connectivity index (χ2v) is 7.52. The monoisotopic (exact) mass is 443 g/mol. The van der Waals surface area contributed by atoms with Gasteiger partial charge in [-0.2, -0.15) is 13.2 Å². The number of alkyl halides is 3. The van der Waals surface area contributed by atoms with Crippen LogP contribution in [0.1, 0.15) is 16.8 Å². The normalized spacial score (nSPS) is 14.3. The largest absolute Gasteiger partial charge is 0.417 e. The fourth-order valence-corrected chi connectivity index (χ4v) is 4.02. The predicted molar refractivity (Wildman–Crippen MR) is 103 cm³/mol. The molecule has 152 valence electrons. The number of halogens is 5. The molecule has 0 aliphatic carbocycles. The van der Waals surface area contributed by atoms with Gasteiger partial charge in [0.05, 0.1) is 21.1 Å². The van der Waals surface area contributed by atoms with Crippen LogP contribution in [0, 0.1) is 0 Å². The second kappa shape index (κ2) is 7.19. The average Bonchev–Trinajstić information content (AvgIpc) is 3.08. The number of hydrogen-bond acceptors (Lipinski definition) is 3. The standard InChI is InChI=1S/C19H14Cl2F3N3O2/c20-13-4-11(9-3-10(6-25-5-9)19(22,23)24)16-12-7-27(15(29)8-28)2-1-14(12)26-18(16)17(13)21/h3-6,26,28H,1-2,7-8H2. The lowest BCUT2D eigenvalue weighted by atomic mass is 9.96. The van der Waals surface area contributed by atoms with Crippen molar-refractivity contribution in [1.82, 2.24) is 14.9 Å². The molecular formula is C19H14Cl2F3N3O2. The second-order valence-electron chi connectivity index (χ2n) is 6.74. The number of benzene rings is 1. The Kier molecular flexibility index (Phi) is 4.96. The number of fused-ring (bicyclic) bond motifs is 3. The van der Waals surface area contributed by atoms with Crippen molar-refractivity contribution in [2.75, 3.05) is 13.2 Å². The minimum Gasteiger partial charge on any atom is -0.387 e. The molecule has 0 fully saturated rings. The molecule has 0 radical (unpaired) electrons. The highest BCUT2D eigenvalue weighted by molar-refractivity contribution is 6.45. The summed E-state index contributed by atoms with van der Waals surface area (Å²) >= 11 is 12.6. The number of pyridine rings is 1. The Morgan fingerprint density at radius 1 is 1.28 bits per heavy atom. The Hall–Kier alpha value is -2.29. The van der Waals surface area contributed by atoms with Gasteiger partial charge in [0.15, 0.2) is 0 Å². The van der Waals surface area contributed by atoms with Gasteiger partial charge in [0, 0.05) is 54.1 Å². The lowest BCUT2D eigenvalue weighted by Gasteiger charge is -2.27. The fraction of sp³-hybridized carbons (Fsp3) is 0.263. The summed E-state index contributed by atoms with van der Waals surface area (Å²) in [6.45, 7) is -0.00816. The molecule has 0 unspecified atom stereocenters. The van der Waals surface area contributed by atoms with Crippen LogP contribution in [0.3, 0.4) is 0 Å². The van der Waals surface area contributed by atoms with Gasteiger partial charge in [0.2, 0.25) is 5.91 Å². The number of rotatable bonds is 2. The van der Waals surface area contributed by atoms with E-state index >= 15 is 0 Å². The van der Waals surface area contributed by atoms with Gasteiger partial charge in [-0.25, -0.2) is 0 Å². The van der Waals surface area contributed by atoms with Crippen molar-refractivity contribution in [1.29, 1.82) is 0 Å². The summed E-state index contributed by atoms with van der Waals surface area (Å²) in [4.78, 5) is 20.4. The lowest BCUT2D eigenvalue weighted by Crippen LogP contribution is -2.37. The summed E-state index contributed by atoms with van der Waals surface area (Å²) in [6.07, 6.45) is -1.97. The highest BCUT2D eigenvalue weighted by Crippen LogP contribution is 2.43. The first-order chi connectivity index (χ1) is 13.7. The van der Waals surface area contributed by atoms with Crippen LogP contribution in [0.5, 0.6) is 0 Å². The summed E-state index contributed by atoms with van der Waals surface area (Å²) in [7, 11) is 0. The highest BCUT2D eigenvalue weighted by Gasteiger charge is 2.32. The number of amides is 1. The predicted octanol–water partition coefficient (Wildman–Crippen LogP) is 4.43. The van der Waals surface area contributed by atoms with Gasteiger partial charge in [-0.15, -0.1) is 0 Å². The van der Waals surface area contributed by atoms with E-state index in [1.807, 2.05) is 0 Å². The van der Waals surface area contributed by atoms with Crippen molar-refractivity contribution in [2.24, 2.45) is 0 Å². The van der Waals surface area contributed by atoms with Crippen molar-refractivity contribution in [3.05, 3.63) is 51.4 Å². The van der Waals surface area contributed by atoms with E-state index < -0.39 is 24.3 Å². The van der Waals surface area contributed by atoms with E-state index in [4.69, 9.17) is 28.3 Å². The molecule has 0 atom stereocenters. The van der Waals surface area contributed by atoms with Crippen LogP contribution in [-0.4, -0.2) is 39.0 Å². The third-order valence-electron chi connectivity index (χ3n) is 5.01.